The number of hydrogen-bond acceptors (Lipinski definition) is 2. The van der Waals surface area contributed by atoms with Crippen molar-refractivity contribution in [2.45, 2.75) is 9.65 Å². The first-order valence-corrected chi connectivity index (χ1v) is 4.81. The van der Waals surface area contributed by atoms with Crippen LogP contribution < -0.4 is 0 Å². The Hall–Kier alpha value is 0.880. The molecule has 4 heteroatoms. The van der Waals surface area contributed by atoms with Gasteiger partial charge in [0.15, 0.2) is 0 Å². The number of ether oxygens (including phenoxy) is 2. The van der Waals surface area contributed by atoms with E-state index in [-0.39, 0.29) is 0 Å². The minimum absolute atomic E-state index is 0.317. The maximum absolute atomic E-state index is 4.94. The zero-order valence-corrected chi connectivity index (χ0v) is 9.31. The maximum atomic E-state index is 4.94. The Morgan fingerprint density at radius 1 is 1.00 bits per heavy atom. The van der Waals surface area contributed by atoms with E-state index in [0.717, 1.165) is 0 Å². The Morgan fingerprint density at radius 2 is 1.30 bits per heavy atom. The smallest absolute Gasteiger partial charge is 0.0599 e. The van der Waals surface area contributed by atoms with Crippen LogP contribution in [0.4, 0.5) is 0 Å². The standard InChI is InChI=1S/C6H12Br2O2/c1-9-3-5(7)6(8)4-10-2/h5-6H,3-4H2,1-2H3. The van der Waals surface area contributed by atoms with Gasteiger partial charge in [-0.1, -0.05) is 31.9 Å². The molecule has 0 saturated heterocycles. The molecule has 0 N–H and O–H groups in total. The molecule has 0 rings (SSSR count). The van der Waals surface area contributed by atoms with Gasteiger partial charge in [0.05, 0.1) is 22.9 Å². The van der Waals surface area contributed by atoms with Gasteiger partial charge >= 0.3 is 0 Å². The molecule has 0 saturated carbocycles. The number of alkyl halides is 2. The molecule has 0 aliphatic heterocycles. The molecule has 0 aromatic carbocycles. The predicted molar refractivity (Wildman–Crippen MR) is 49.2 cm³/mol. The van der Waals surface area contributed by atoms with E-state index in [0.29, 0.717) is 22.9 Å². The van der Waals surface area contributed by atoms with Crippen LogP contribution in [0.15, 0.2) is 0 Å². The van der Waals surface area contributed by atoms with Crippen LogP contribution in [0.3, 0.4) is 0 Å². The van der Waals surface area contributed by atoms with Gasteiger partial charge < -0.3 is 9.47 Å². The lowest BCUT2D eigenvalue weighted by atomic mass is 10.3. The largest absolute Gasteiger partial charge is 0.383 e. The molecule has 10 heavy (non-hydrogen) atoms. The SMILES string of the molecule is COCC(Br)C(Br)COC. The molecule has 0 heterocycles. The highest BCUT2D eigenvalue weighted by Gasteiger charge is 2.14. The topological polar surface area (TPSA) is 18.5 Å². The molecule has 0 aliphatic rings. The Labute approximate surface area is 78.5 Å². The second kappa shape index (κ2) is 6.58. The first-order chi connectivity index (χ1) is 4.72. The molecule has 2 nitrogen and oxygen atoms in total. The second-order valence-corrected chi connectivity index (χ2v) is 4.29. The van der Waals surface area contributed by atoms with Crippen molar-refractivity contribution in [2.75, 3.05) is 27.4 Å². The summed E-state index contributed by atoms with van der Waals surface area (Å²) in [4.78, 5) is 0.634. The number of halogens is 2. The molecule has 0 spiro atoms. The van der Waals surface area contributed by atoms with Crippen molar-refractivity contribution in [3.05, 3.63) is 0 Å². The average Bonchev–Trinajstić information content (AvgIpc) is 1.89. The lowest BCUT2D eigenvalue weighted by Gasteiger charge is -2.14. The average molecular weight is 276 g/mol. The predicted octanol–water partition coefficient (Wildman–Crippen LogP) is 1.81. The highest BCUT2D eigenvalue weighted by Crippen LogP contribution is 2.14. The minimum atomic E-state index is 0.317. The summed E-state index contributed by atoms with van der Waals surface area (Å²) in [5, 5.41) is 0. The van der Waals surface area contributed by atoms with E-state index < -0.39 is 0 Å². The van der Waals surface area contributed by atoms with Gasteiger partial charge in [-0.3, -0.25) is 0 Å². The fourth-order valence-electron chi connectivity index (χ4n) is 0.527. The molecule has 0 bridgehead atoms. The van der Waals surface area contributed by atoms with Gasteiger partial charge in [0, 0.05) is 14.2 Å². The first kappa shape index (κ1) is 10.9. The fourth-order valence-corrected chi connectivity index (χ4v) is 1.36. The second-order valence-electron chi connectivity index (χ2n) is 1.94. The van der Waals surface area contributed by atoms with Crippen LogP contribution in [0, 0.1) is 0 Å². The van der Waals surface area contributed by atoms with Crippen LogP contribution >= 0.6 is 31.9 Å². The normalized spacial score (nSPS) is 16.8. The highest BCUT2D eigenvalue weighted by atomic mass is 79.9. The zero-order chi connectivity index (χ0) is 7.98. The Kier molecular flexibility index (Phi) is 7.16. The van der Waals surface area contributed by atoms with E-state index in [1.165, 1.54) is 0 Å². The summed E-state index contributed by atoms with van der Waals surface area (Å²) < 4.78 is 9.88. The number of hydrogen-bond donors (Lipinski definition) is 0. The monoisotopic (exact) mass is 274 g/mol. The van der Waals surface area contributed by atoms with Gasteiger partial charge in [0.1, 0.15) is 0 Å². The van der Waals surface area contributed by atoms with Crippen LogP contribution in [-0.4, -0.2) is 37.1 Å². The lowest BCUT2D eigenvalue weighted by Crippen LogP contribution is -2.23. The van der Waals surface area contributed by atoms with Crippen molar-refractivity contribution in [3.8, 4) is 0 Å². The highest BCUT2D eigenvalue weighted by molar-refractivity contribution is 9.12. The van der Waals surface area contributed by atoms with Gasteiger partial charge in [0.2, 0.25) is 0 Å². The summed E-state index contributed by atoms with van der Waals surface area (Å²) >= 11 is 6.91. The van der Waals surface area contributed by atoms with Crippen LogP contribution in [-0.2, 0) is 9.47 Å². The summed E-state index contributed by atoms with van der Waals surface area (Å²) in [5.74, 6) is 0. The van der Waals surface area contributed by atoms with Gasteiger partial charge in [-0.05, 0) is 0 Å². The molecule has 0 radical (unpaired) electrons. The van der Waals surface area contributed by atoms with E-state index in [4.69, 9.17) is 9.47 Å². The molecule has 0 aliphatic carbocycles. The summed E-state index contributed by atoms with van der Waals surface area (Å²) in [5.41, 5.74) is 0. The van der Waals surface area contributed by atoms with E-state index in [2.05, 4.69) is 31.9 Å². The first-order valence-electron chi connectivity index (χ1n) is 2.98. The van der Waals surface area contributed by atoms with Crippen LogP contribution in [0.25, 0.3) is 0 Å². The van der Waals surface area contributed by atoms with Crippen molar-refractivity contribution >= 4 is 31.9 Å². The van der Waals surface area contributed by atoms with Gasteiger partial charge in [-0.25, -0.2) is 0 Å². The quantitative estimate of drug-likeness (QED) is 0.713. The van der Waals surface area contributed by atoms with E-state index in [1.54, 1.807) is 14.2 Å². The van der Waals surface area contributed by atoms with Crippen molar-refractivity contribution < 1.29 is 9.47 Å². The number of rotatable bonds is 5. The molecular formula is C6H12Br2O2. The maximum Gasteiger partial charge on any atom is 0.0599 e. The minimum Gasteiger partial charge on any atom is -0.383 e. The molecule has 0 aromatic heterocycles. The van der Waals surface area contributed by atoms with Crippen LogP contribution in [0.2, 0.25) is 0 Å². The Bertz CT molecular complexity index is 70.1. The molecule has 0 fully saturated rings. The molecular weight excluding hydrogens is 264 g/mol. The van der Waals surface area contributed by atoms with Crippen LogP contribution in [0.1, 0.15) is 0 Å². The van der Waals surface area contributed by atoms with Gasteiger partial charge in [-0.15, -0.1) is 0 Å². The summed E-state index contributed by atoms with van der Waals surface area (Å²) in [6, 6.07) is 0. The molecule has 0 amide bonds. The lowest BCUT2D eigenvalue weighted by molar-refractivity contribution is 0.170. The molecule has 2 atom stereocenters. The summed E-state index contributed by atoms with van der Waals surface area (Å²) in [6.07, 6.45) is 0. The molecule has 62 valence electrons. The van der Waals surface area contributed by atoms with E-state index >= 15 is 0 Å². The summed E-state index contributed by atoms with van der Waals surface area (Å²) in [6.45, 7) is 1.39. The van der Waals surface area contributed by atoms with Crippen molar-refractivity contribution in [1.82, 2.24) is 0 Å². The van der Waals surface area contributed by atoms with Crippen molar-refractivity contribution in [2.24, 2.45) is 0 Å². The molecule has 2 unspecified atom stereocenters. The van der Waals surface area contributed by atoms with Crippen LogP contribution in [0.5, 0.6) is 0 Å². The van der Waals surface area contributed by atoms with E-state index in [1.807, 2.05) is 0 Å². The number of methoxy groups -OCH3 is 2. The fraction of sp³-hybridized carbons (Fsp3) is 1.00. The molecule has 0 aromatic rings. The van der Waals surface area contributed by atoms with Crippen molar-refractivity contribution in [1.29, 1.82) is 0 Å². The van der Waals surface area contributed by atoms with Crippen molar-refractivity contribution in [3.63, 3.8) is 0 Å². The zero-order valence-electron chi connectivity index (χ0n) is 6.14. The van der Waals surface area contributed by atoms with E-state index in [9.17, 15) is 0 Å². The third kappa shape index (κ3) is 4.66. The summed E-state index contributed by atoms with van der Waals surface area (Å²) in [7, 11) is 3.36. The van der Waals surface area contributed by atoms with Gasteiger partial charge in [-0.2, -0.15) is 0 Å². The Balaban J connectivity index is 3.38. The third-order valence-electron chi connectivity index (χ3n) is 1.04. The Morgan fingerprint density at radius 3 is 1.50 bits per heavy atom. The van der Waals surface area contributed by atoms with Gasteiger partial charge in [0.25, 0.3) is 0 Å². The third-order valence-corrected chi connectivity index (χ3v) is 3.56.